The van der Waals surface area contributed by atoms with Crippen molar-refractivity contribution in [3.05, 3.63) is 35.9 Å². The van der Waals surface area contributed by atoms with Gasteiger partial charge in [0.05, 0.1) is 6.54 Å². The average molecular weight is 343 g/mol. The quantitative estimate of drug-likeness (QED) is 0.818. The molecule has 1 aromatic carbocycles. The Bertz CT molecular complexity index is 570. The number of likely N-dealkylation sites (tertiary alicyclic amines) is 1. The molecule has 0 bridgehead atoms. The van der Waals surface area contributed by atoms with Crippen LogP contribution in [0.5, 0.6) is 0 Å². The van der Waals surface area contributed by atoms with E-state index in [1.54, 1.807) is 0 Å². The average Bonchev–Trinajstić information content (AvgIpc) is 3.08. The molecule has 0 atom stereocenters. The third-order valence-corrected chi connectivity index (χ3v) is 5.23. The Hall–Kier alpha value is -1.88. The number of hydrogen-bond acceptors (Lipinski definition) is 3. The van der Waals surface area contributed by atoms with Crippen LogP contribution in [0.3, 0.4) is 0 Å². The molecule has 5 heteroatoms. The molecule has 2 aliphatic rings. The van der Waals surface area contributed by atoms with Gasteiger partial charge in [-0.15, -0.1) is 0 Å². The molecule has 2 amide bonds. The Morgan fingerprint density at radius 1 is 0.760 bits per heavy atom. The van der Waals surface area contributed by atoms with E-state index in [-0.39, 0.29) is 11.8 Å². The van der Waals surface area contributed by atoms with Crippen molar-refractivity contribution in [2.45, 2.75) is 32.1 Å². The zero-order valence-electron chi connectivity index (χ0n) is 15.0. The van der Waals surface area contributed by atoms with Crippen LogP contribution in [0.4, 0.5) is 0 Å². The van der Waals surface area contributed by atoms with Gasteiger partial charge in [0.15, 0.2) is 0 Å². The van der Waals surface area contributed by atoms with Gasteiger partial charge in [0.1, 0.15) is 0 Å². The lowest BCUT2D eigenvalue weighted by Gasteiger charge is -2.24. The van der Waals surface area contributed by atoms with Crippen LogP contribution in [0.2, 0.25) is 0 Å². The SMILES string of the molecule is O=C(CCc1ccccc1)N1CCCN(CC(=O)N2CCCC2)CC1. The Morgan fingerprint density at radius 2 is 1.44 bits per heavy atom. The highest BCUT2D eigenvalue weighted by atomic mass is 16.2. The highest BCUT2D eigenvalue weighted by Gasteiger charge is 2.23. The van der Waals surface area contributed by atoms with E-state index in [0.29, 0.717) is 13.0 Å². The van der Waals surface area contributed by atoms with Crippen molar-refractivity contribution in [3.63, 3.8) is 0 Å². The number of carbonyl (C=O) groups is 2. The van der Waals surface area contributed by atoms with Crippen LogP contribution in [0.1, 0.15) is 31.2 Å². The molecule has 0 spiro atoms. The monoisotopic (exact) mass is 343 g/mol. The standard InChI is InChI=1S/C20H29N3O2/c24-19(10-9-18-7-2-1-3-8-18)23-14-6-11-21(15-16-23)17-20(25)22-12-4-5-13-22/h1-3,7-8H,4-6,9-17H2. The molecule has 3 rings (SSSR count). The fourth-order valence-corrected chi connectivity index (χ4v) is 3.69. The second-order valence-corrected chi connectivity index (χ2v) is 7.08. The minimum absolute atomic E-state index is 0.233. The van der Waals surface area contributed by atoms with Crippen LogP contribution in [0.25, 0.3) is 0 Å². The zero-order valence-corrected chi connectivity index (χ0v) is 15.0. The van der Waals surface area contributed by atoms with E-state index in [1.807, 2.05) is 28.0 Å². The van der Waals surface area contributed by atoms with Crippen LogP contribution in [-0.2, 0) is 16.0 Å². The summed E-state index contributed by atoms with van der Waals surface area (Å²) in [6.07, 6.45) is 4.58. The molecule has 25 heavy (non-hydrogen) atoms. The van der Waals surface area contributed by atoms with Gasteiger partial charge in [0.25, 0.3) is 0 Å². The third-order valence-electron chi connectivity index (χ3n) is 5.23. The lowest BCUT2D eigenvalue weighted by Crippen LogP contribution is -2.41. The molecule has 136 valence electrons. The second-order valence-electron chi connectivity index (χ2n) is 7.08. The van der Waals surface area contributed by atoms with E-state index in [1.165, 1.54) is 5.56 Å². The van der Waals surface area contributed by atoms with Crippen molar-refractivity contribution in [3.8, 4) is 0 Å². The summed E-state index contributed by atoms with van der Waals surface area (Å²) in [7, 11) is 0. The van der Waals surface area contributed by atoms with Crippen molar-refractivity contribution in [1.82, 2.24) is 14.7 Å². The van der Waals surface area contributed by atoms with Gasteiger partial charge < -0.3 is 9.80 Å². The molecule has 2 aliphatic heterocycles. The van der Waals surface area contributed by atoms with Gasteiger partial charge in [-0.2, -0.15) is 0 Å². The maximum Gasteiger partial charge on any atom is 0.236 e. The van der Waals surface area contributed by atoms with Crippen LogP contribution >= 0.6 is 0 Å². The Balaban J connectivity index is 1.42. The predicted molar refractivity (Wildman–Crippen MR) is 98.2 cm³/mol. The van der Waals surface area contributed by atoms with Crippen molar-refractivity contribution in [2.24, 2.45) is 0 Å². The minimum Gasteiger partial charge on any atom is -0.342 e. The smallest absolute Gasteiger partial charge is 0.236 e. The number of hydrogen-bond donors (Lipinski definition) is 0. The number of aryl methyl sites for hydroxylation is 1. The lowest BCUT2D eigenvalue weighted by atomic mass is 10.1. The van der Waals surface area contributed by atoms with Crippen molar-refractivity contribution in [1.29, 1.82) is 0 Å². The maximum absolute atomic E-state index is 12.5. The van der Waals surface area contributed by atoms with E-state index in [9.17, 15) is 9.59 Å². The normalized spacial score (nSPS) is 19.0. The van der Waals surface area contributed by atoms with Gasteiger partial charge in [-0.3, -0.25) is 14.5 Å². The van der Waals surface area contributed by atoms with E-state index in [2.05, 4.69) is 17.0 Å². The fraction of sp³-hybridized carbons (Fsp3) is 0.600. The third kappa shape index (κ3) is 5.30. The number of amides is 2. The summed E-state index contributed by atoms with van der Waals surface area (Å²) >= 11 is 0. The van der Waals surface area contributed by atoms with Crippen molar-refractivity contribution >= 4 is 11.8 Å². The first-order valence-electron chi connectivity index (χ1n) is 9.54. The highest BCUT2D eigenvalue weighted by Crippen LogP contribution is 2.11. The summed E-state index contributed by atoms with van der Waals surface area (Å²) in [5, 5.41) is 0. The molecule has 1 aromatic rings. The van der Waals surface area contributed by atoms with E-state index in [0.717, 1.165) is 65.0 Å². The van der Waals surface area contributed by atoms with Gasteiger partial charge in [0, 0.05) is 45.7 Å². The first kappa shape index (κ1) is 17.9. The predicted octanol–water partition coefficient (Wildman–Crippen LogP) is 1.78. The number of rotatable bonds is 5. The summed E-state index contributed by atoms with van der Waals surface area (Å²) in [6.45, 7) is 5.58. The summed E-state index contributed by atoms with van der Waals surface area (Å²) < 4.78 is 0. The van der Waals surface area contributed by atoms with Crippen LogP contribution < -0.4 is 0 Å². The molecule has 0 unspecified atom stereocenters. The maximum atomic E-state index is 12.5. The molecule has 0 aliphatic carbocycles. The molecule has 0 N–H and O–H groups in total. The van der Waals surface area contributed by atoms with E-state index < -0.39 is 0 Å². The summed E-state index contributed by atoms with van der Waals surface area (Å²) in [6, 6.07) is 10.2. The van der Waals surface area contributed by atoms with Crippen LogP contribution in [0.15, 0.2) is 30.3 Å². The zero-order chi connectivity index (χ0) is 17.5. The Kier molecular flexibility index (Phi) is 6.45. The first-order chi connectivity index (χ1) is 12.2. The Morgan fingerprint density at radius 3 is 2.20 bits per heavy atom. The van der Waals surface area contributed by atoms with E-state index >= 15 is 0 Å². The number of benzene rings is 1. The van der Waals surface area contributed by atoms with Crippen molar-refractivity contribution in [2.75, 3.05) is 45.8 Å². The number of nitrogens with zero attached hydrogens (tertiary/aromatic N) is 3. The van der Waals surface area contributed by atoms with Gasteiger partial charge >= 0.3 is 0 Å². The molecule has 2 heterocycles. The van der Waals surface area contributed by atoms with Gasteiger partial charge in [0.2, 0.25) is 11.8 Å². The van der Waals surface area contributed by atoms with Gasteiger partial charge in [-0.25, -0.2) is 0 Å². The van der Waals surface area contributed by atoms with Crippen LogP contribution in [-0.4, -0.2) is 72.3 Å². The molecule has 2 saturated heterocycles. The molecule has 0 aromatic heterocycles. The molecular weight excluding hydrogens is 314 g/mol. The summed E-state index contributed by atoms with van der Waals surface area (Å²) in [4.78, 5) is 31.0. The van der Waals surface area contributed by atoms with Crippen LogP contribution in [0, 0.1) is 0 Å². The molecule has 0 saturated carbocycles. The minimum atomic E-state index is 0.233. The van der Waals surface area contributed by atoms with E-state index in [4.69, 9.17) is 0 Å². The molecule has 2 fully saturated rings. The number of carbonyl (C=O) groups excluding carboxylic acids is 2. The molecule has 5 nitrogen and oxygen atoms in total. The first-order valence-corrected chi connectivity index (χ1v) is 9.54. The topological polar surface area (TPSA) is 43.9 Å². The molecule has 0 radical (unpaired) electrons. The largest absolute Gasteiger partial charge is 0.342 e. The van der Waals surface area contributed by atoms with Crippen molar-refractivity contribution < 1.29 is 9.59 Å². The summed E-state index contributed by atoms with van der Waals surface area (Å²) in [5.74, 6) is 0.484. The fourth-order valence-electron chi connectivity index (χ4n) is 3.69. The summed E-state index contributed by atoms with van der Waals surface area (Å²) in [5.41, 5.74) is 1.21. The highest BCUT2D eigenvalue weighted by molar-refractivity contribution is 5.78. The van der Waals surface area contributed by atoms with Gasteiger partial charge in [-0.05, 0) is 31.2 Å². The molecular formula is C20H29N3O2. The lowest BCUT2D eigenvalue weighted by molar-refractivity contribution is -0.131. The second kappa shape index (κ2) is 8.99. The van der Waals surface area contributed by atoms with Gasteiger partial charge in [-0.1, -0.05) is 30.3 Å². The Labute approximate surface area is 150 Å².